The van der Waals surface area contributed by atoms with Crippen LogP contribution >= 0.6 is 15.9 Å². The van der Waals surface area contributed by atoms with Gasteiger partial charge in [0.25, 0.3) is 0 Å². The lowest BCUT2D eigenvalue weighted by Crippen LogP contribution is -2.45. The van der Waals surface area contributed by atoms with Gasteiger partial charge in [-0.2, -0.15) is 8.78 Å². The third-order valence-corrected chi connectivity index (χ3v) is 2.71. The highest BCUT2D eigenvalue weighted by Crippen LogP contribution is 2.27. The van der Waals surface area contributed by atoms with E-state index in [4.69, 9.17) is 5.11 Å². The summed E-state index contributed by atoms with van der Waals surface area (Å²) >= 11 is 1.98. The topological polar surface area (TPSA) is 57.6 Å². The van der Waals surface area contributed by atoms with Crippen LogP contribution in [-0.4, -0.2) is 39.8 Å². The molecular formula is C8H10BrF2NO3. The molecule has 4 nitrogen and oxygen atoms in total. The van der Waals surface area contributed by atoms with Crippen LogP contribution in [0.5, 0.6) is 0 Å². The van der Waals surface area contributed by atoms with Crippen molar-refractivity contribution in [2.75, 3.05) is 13.1 Å². The van der Waals surface area contributed by atoms with E-state index in [0.717, 1.165) is 4.90 Å². The van der Waals surface area contributed by atoms with Crippen molar-refractivity contribution in [1.82, 2.24) is 4.90 Å². The van der Waals surface area contributed by atoms with Gasteiger partial charge in [0.05, 0.1) is 5.92 Å². The minimum Gasteiger partial charge on any atom is -0.481 e. The van der Waals surface area contributed by atoms with Crippen molar-refractivity contribution in [3.8, 4) is 0 Å². The number of likely N-dealkylation sites (tertiary alicyclic amines) is 1. The van der Waals surface area contributed by atoms with Crippen LogP contribution in [0.25, 0.3) is 0 Å². The molecule has 1 heterocycles. The zero-order valence-electron chi connectivity index (χ0n) is 7.75. The second-order valence-corrected chi connectivity index (χ2v) is 4.40. The summed E-state index contributed by atoms with van der Waals surface area (Å²) in [5.74, 6) is -2.77. The van der Waals surface area contributed by atoms with E-state index in [-0.39, 0.29) is 25.9 Å². The molecule has 0 radical (unpaired) electrons. The summed E-state index contributed by atoms with van der Waals surface area (Å²) in [4.78, 5) is 19.1. The van der Waals surface area contributed by atoms with E-state index >= 15 is 0 Å². The molecular weight excluding hydrogens is 276 g/mol. The Hall–Kier alpha value is -0.720. The van der Waals surface area contributed by atoms with E-state index in [1.165, 1.54) is 0 Å². The average Bonchev–Trinajstić information content (AvgIpc) is 2.15. The van der Waals surface area contributed by atoms with E-state index in [1.807, 2.05) is 15.9 Å². The molecule has 0 aromatic rings. The van der Waals surface area contributed by atoms with Crippen molar-refractivity contribution in [2.24, 2.45) is 5.92 Å². The number of hydrogen-bond donors (Lipinski definition) is 1. The number of halogens is 3. The van der Waals surface area contributed by atoms with Crippen molar-refractivity contribution in [3.63, 3.8) is 0 Å². The van der Waals surface area contributed by atoms with Crippen LogP contribution in [-0.2, 0) is 9.59 Å². The van der Waals surface area contributed by atoms with Gasteiger partial charge in [-0.25, -0.2) is 0 Å². The summed E-state index contributed by atoms with van der Waals surface area (Å²) in [6, 6.07) is 0. The molecule has 0 spiro atoms. The standard InChI is InChI=1S/C8H10BrF2NO3/c9-8(10,11)7(15)12-3-1-5(2-4-12)6(13)14/h5H,1-4H2,(H,13,14). The molecule has 1 fully saturated rings. The zero-order valence-corrected chi connectivity index (χ0v) is 9.34. The number of carboxylic acids is 1. The van der Waals surface area contributed by atoms with Gasteiger partial charge in [-0.1, -0.05) is 0 Å². The highest BCUT2D eigenvalue weighted by atomic mass is 79.9. The molecule has 0 atom stereocenters. The lowest BCUT2D eigenvalue weighted by molar-refractivity contribution is -0.151. The number of carbonyl (C=O) groups excluding carboxylic acids is 1. The lowest BCUT2D eigenvalue weighted by Gasteiger charge is -2.31. The van der Waals surface area contributed by atoms with Crippen LogP contribution in [0.3, 0.4) is 0 Å². The number of hydrogen-bond acceptors (Lipinski definition) is 2. The summed E-state index contributed by atoms with van der Waals surface area (Å²) in [6.07, 6.45) is 0.453. The molecule has 86 valence electrons. The molecule has 0 saturated carbocycles. The van der Waals surface area contributed by atoms with Gasteiger partial charge in [0.15, 0.2) is 0 Å². The minimum atomic E-state index is -3.55. The summed E-state index contributed by atoms with van der Waals surface area (Å²) in [7, 11) is 0. The van der Waals surface area contributed by atoms with Gasteiger partial charge in [-0.3, -0.25) is 9.59 Å². The highest BCUT2D eigenvalue weighted by Gasteiger charge is 2.40. The fraction of sp³-hybridized carbons (Fsp3) is 0.750. The molecule has 0 aromatic carbocycles. The van der Waals surface area contributed by atoms with E-state index in [0.29, 0.717) is 0 Å². The molecule has 1 aliphatic heterocycles. The Kier molecular flexibility index (Phi) is 3.64. The minimum absolute atomic E-state index is 0.0665. The van der Waals surface area contributed by atoms with Crippen LogP contribution in [0.1, 0.15) is 12.8 Å². The summed E-state index contributed by atoms with van der Waals surface area (Å²) < 4.78 is 25.1. The number of nitrogens with zero attached hydrogens (tertiary/aromatic N) is 1. The Morgan fingerprint density at radius 1 is 1.33 bits per heavy atom. The van der Waals surface area contributed by atoms with Crippen LogP contribution < -0.4 is 0 Å². The van der Waals surface area contributed by atoms with E-state index in [9.17, 15) is 18.4 Å². The number of piperidine rings is 1. The maximum Gasteiger partial charge on any atom is 0.377 e. The molecule has 7 heteroatoms. The quantitative estimate of drug-likeness (QED) is 0.778. The first-order valence-corrected chi connectivity index (χ1v) is 5.20. The summed E-state index contributed by atoms with van der Waals surface area (Å²) in [5.41, 5.74) is 0. The fourth-order valence-electron chi connectivity index (χ4n) is 1.51. The van der Waals surface area contributed by atoms with Gasteiger partial charge >= 0.3 is 16.7 Å². The fourth-order valence-corrected chi connectivity index (χ4v) is 1.76. The lowest BCUT2D eigenvalue weighted by atomic mass is 9.97. The predicted molar refractivity (Wildman–Crippen MR) is 50.8 cm³/mol. The molecule has 15 heavy (non-hydrogen) atoms. The molecule has 1 rings (SSSR count). The first-order chi connectivity index (χ1) is 6.82. The van der Waals surface area contributed by atoms with Crippen LogP contribution in [0, 0.1) is 5.92 Å². The average molecular weight is 286 g/mol. The number of carbonyl (C=O) groups is 2. The van der Waals surface area contributed by atoms with Crippen molar-refractivity contribution in [1.29, 1.82) is 0 Å². The Morgan fingerprint density at radius 3 is 2.13 bits per heavy atom. The van der Waals surface area contributed by atoms with Gasteiger partial charge in [0.1, 0.15) is 0 Å². The van der Waals surface area contributed by atoms with Gasteiger partial charge in [-0.05, 0) is 12.8 Å². The molecule has 0 bridgehead atoms. The number of rotatable bonds is 2. The number of carboxylic acid groups (broad SMARTS) is 1. The van der Waals surface area contributed by atoms with Gasteiger partial charge < -0.3 is 10.0 Å². The normalized spacial score (nSPS) is 19.0. The molecule has 1 saturated heterocycles. The zero-order chi connectivity index (χ0) is 11.6. The van der Waals surface area contributed by atoms with Crippen molar-refractivity contribution in [2.45, 2.75) is 17.7 Å². The Labute approximate surface area is 93.4 Å². The Balaban J connectivity index is 2.51. The molecule has 0 unspecified atom stereocenters. The molecule has 0 aromatic heterocycles. The summed E-state index contributed by atoms with van der Waals surface area (Å²) in [6.45, 7) is 0.133. The van der Waals surface area contributed by atoms with E-state index < -0.39 is 22.6 Å². The van der Waals surface area contributed by atoms with Crippen LogP contribution in [0.2, 0.25) is 0 Å². The third kappa shape index (κ3) is 3.12. The van der Waals surface area contributed by atoms with Gasteiger partial charge in [0, 0.05) is 29.0 Å². The smallest absolute Gasteiger partial charge is 0.377 e. The molecule has 1 N–H and O–H groups in total. The summed E-state index contributed by atoms with van der Waals surface area (Å²) in [5, 5.41) is 8.66. The highest BCUT2D eigenvalue weighted by molar-refractivity contribution is 9.10. The maximum absolute atomic E-state index is 12.6. The molecule has 0 aliphatic carbocycles. The Bertz CT molecular complexity index is 272. The first-order valence-electron chi connectivity index (χ1n) is 4.41. The monoisotopic (exact) mass is 285 g/mol. The van der Waals surface area contributed by atoms with Crippen LogP contribution in [0.15, 0.2) is 0 Å². The molecule has 1 amide bonds. The van der Waals surface area contributed by atoms with Gasteiger partial charge in [-0.15, -0.1) is 0 Å². The number of alkyl halides is 3. The first kappa shape index (κ1) is 12.4. The second-order valence-electron chi connectivity index (χ2n) is 3.40. The maximum atomic E-state index is 12.6. The van der Waals surface area contributed by atoms with Gasteiger partial charge in [0.2, 0.25) is 0 Å². The van der Waals surface area contributed by atoms with Crippen molar-refractivity contribution in [3.05, 3.63) is 0 Å². The van der Waals surface area contributed by atoms with Crippen molar-refractivity contribution < 1.29 is 23.5 Å². The number of aliphatic carboxylic acids is 1. The second kappa shape index (κ2) is 4.42. The SMILES string of the molecule is O=C(O)C1CCN(C(=O)C(F)(F)Br)CC1. The number of amides is 1. The third-order valence-electron chi connectivity index (χ3n) is 2.37. The molecule has 1 aliphatic rings. The largest absolute Gasteiger partial charge is 0.481 e. The van der Waals surface area contributed by atoms with E-state index in [1.54, 1.807) is 0 Å². The Morgan fingerprint density at radius 2 is 1.80 bits per heavy atom. The van der Waals surface area contributed by atoms with Crippen molar-refractivity contribution >= 4 is 27.8 Å². The predicted octanol–water partition coefficient (Wildman–Crippen LogP) is 1.30. The van der Waals surface area contributed by atoms with Crippen LogP contribution in [0.4, 0.5) is 8.78 Å². The van der Waals surface area contributed by atoms with E-state index in [2.05, 4.69) is 0 Å².